The first-order valence-corrected chi connectivity index (χ1v) is 10.4. The summed E-state index contributed by atoms with van der Waals surface area (Å²) < 4.78 is 2.03. The third-order valence-corrected chi connectivity index (χ3v) is 5.51. The zero-order valence-electron chi connectivity index (χ0n) is 16.7. The Balaban J connectivity index is 1.74. The van der Waals surface area contributed by atoms with E-state index in [2.05, 4.69) is 17.4 Å². The molecule has 0 aliphatic heterocycles. The highest BCUT2D eigenvalue weighted by Gasteiger charge is 2.19. The van der Waals surface area contributed by atoms with Crippen molar-refractivity contribution in [2.24, 2.45) is 0 Å². The number of phenols is 1. The van der Waals surface area contributed by atoms with Crippen LogP contribution in [-0.2, 0) is 6.54 Å². The van der Waals surface area contributed by atoms with Gasteiger partial charge in [-0.2, -0.15) is 0 Å². The second kappa shape index (κ2) is 8.17. The second-order valence-corrected chi connectivity index (χ2v) is 7.70. The molecular formula is C26H20ClN3O. The van der Waals surface area contributed by atoms with Crippen molar-refractivity contribution in [3.05, 3.63) is 108 Å². The van der Waals surface area contributed by atoms with Gasteiger partial charge in [0.05, 0.1) is 10.7 Å². The number of rotatable bonds is 5. The number of hydrogen-bond donors (Lipinski definition) is 2. The van der Waals surface area contributed by atoms with Gasteiger partial charge in [0.2, 0.25) is 0 Å². The van der Waals surface area contributed by atoms with Gasteiger partial charge < -0.3 is 10.4 Å². The average molecular weight is 426 g/mol. The van der Waals surface area contributed by atoms with Gasteiger partial charge in [-0.25, -0.2) is 4.98 Å². The Morgan fingerprint density at radius 1 is 0.806 bits per heavy atom. The van der Waals surface area contributed by atoms with E-state index in [0.29, 0.717) is 11.6 Å². The van der Waals surface area contributed by atoms with Crippen molar-refractivity contribution in [3.63, 3.8) is 0 Å². The molecule has 2 heterocycles. The van der Waals surface area contributed by atoms with Crippen LogP contribution in [0.1, 0.15) is 5.56 Å². The van der Waals surface area contributed by atoms with Gasteiger partial charge in [0.1, 0.15) is 22.9 Å². The first kappa shape index (κ1) is 19.2. The van der Waals surface area contributed by atoms with E-state index in [4.69, 9.17) is 16.6 Å². The lowest BCUT2D eigenvalue weighted by Crippen LogP contribution is -2.05. The second-order valence-electron chi connectivity index (χ2n) is 7.29. The Bertz CT molecular complexity index is 1350. The summed E-state index contributed by atoms with van der Waals surface area (Å²) in [6, 6.07) is 31.2. The molecule has 0 fully saturated rings. The zero-order chi connectivity index (χ0) is 21.2. The number of benzene rings is 3. The highest BCUT2D eigenvalue weighted by molar-refractivity contribution is 6.33. The number of aromatic hydroxyl groups is 1. The third-order valence-electron chi connectivity index (χ3n) is 5.20. The molecular weight excluding hydrogens is 406 g/mol. The Labute approximate surface area is 185 Å². The van der Waals surface area contributed by atoms with Crippen molar-refractivity contribution in [3.8, 4) is 28.3 Å². The minimum absolute atomic E-state index is 0.188. The Kier molecular flexibility index (Phi) is 5.06. The molecule has 5 aromatic rings. The van der Waals surface area contributed by atoms with Crippen LogP contribution in [0.25, 0.3) is 28.2 Å². The molecule has 4 nitrogen and oxygen atoms in total. The molecule has 2 aromatic heterocycles. The first-order valence-electron chi connectivity index (χ1n) is 10.0. The molecule has 31 heavy (non-hydrogen) atoms. The predicted molar refractivity (Wildman–Crippen MR) is 127 cm³/mol. The lowest BCUT2D eigenvalue weighted by molar-refractivity contribution is 0.475. The van der Waals surface area contributed by atoms with Crippen LogP contribution in [-0.4, -0.2) is 14.5 Å². The van der Waals surface area contributed by atoms with Gasteiger partial charge in [0.15, 0.2) is 0 Å². The van der Waals surface area contributed by atoms with Crippen LogP contribution in [0.2, 0.25) is 5.02 Å². The van der Waals surface area contributed by atoms with E-state index in [1.54, 1.807) is 12.1 Å². The summed E-state index contributed by atoms with van der Waals surface area (Å²) in [6.45, 7) is 0.639. The molecule has 0 radical (unpaired) electrons. The van der Waals surface area contributed by atoms with Gasteiger partial charge in [-0.3, -0.25) is 4.40 Å². The van der Waals surface area contributed by atoms with E-state index in [1.165, 1.54) is 0 Å². The lowest BCUT2D eigenvalue weighted by atomic mass is 10.1. The standard InChI is InChI=1S/C26H20ClN3O/c27-22-14-15-23-29-24(19-10-5-2-6-11-19)26(28-17-18-8-3-1-4-9-18)30(23)25(22)20-12-7-13-21(31)16-20/h1-16,28,31H,17H2. The Morgan fingerprint density at radius 2 is 1.52 bits per heavy atom. The summed E-state index contributed by atoms with van der Waals surface area (Å²) in [6.07, 6.45) is 0. The van der Waals surface area contributed by atoms with E-state index < -0.39 is 0 Å². The van der Waals surface area contributed by atoms with Gasteiger partial charge in [0.25, 0.3) is 0 Å². The number of nitrogens with zero attached hydrogens (tertiary/aromatic N) is 2. The minimum atomic E-state index is 0.188. The highest BCUT2D eigenvalue weighted by atomic mass is 35.5. The van der Waals surface area contributed by atoms with Crippen molar-refractivity contribution in [1.29, 1.82) is 0 Å². The molecule has 0 aliphatic carbocycles. The van der Waals surface area contributed by atoms with Crippen molar-refractivity contribution >= 4 is 23.1 Å². The van der Waals surface area contributed by atoms with Crippen LogP contribution in [0, 0.1) is 0 Å². The number of phenolic OH excluding ortho intramolecular Hbond substituents is 1. The Morgan fingerprint density at radius 3 is 2.26 bits per heavy atom. The zero-order valence-corrected chi connectivity index (χ0v) is 17.4. The summed E-state index contributed by atoms with van der Waals surface area (Å²) in [5, 5.41) is 14.2. The number of anilines is 1. The Hall–Kier alpha value is -3.76. The number of imidazole rings is 1. The summed E-state index contributed by atoms with van der Waals surface area (Å²) in [5.74, 6) is 1.04. The molecule has 2 N–H and O–H groups in total. The number of hydrogen-bond acceptors (Lipinski definition) is 3. The number of aromatic nitrogens is 2. The molecule has 0 aliphatic rings. The van der Waals surface area contributed by atoms with Gasteiger partial charge in [-0.1, -0.05) is 84.4 Å². The molecule has 0 bridgehead atoms. The quantitative estimate of drug-likeness (QED) is 0.332. The molecule has 0 saturated carbocycles. The SMILES string of the molecule is Oc1cccc(-c2c(Cl)ccc3nc(-c4ccccc4)c(NCc4ccccc4)n23)c1. The van der Waals surface area contributed by atoms with E-state index in [1.807, 2.05) is 77.2 Å². The van der Waals surface area contributed by atoms with Crippen LogP contribution < -0.4 is 5.32 Å². The molecule has 0 unspecified atom stereocenters. The van der Waals surface area contributed by atoms with E-state index in [9.17, 15) is 5.11 Å². The van der Waals surface area contributed by atoms with Gasteiger partial charge in [-0.05, 0) is 29.8 Å². The molecule has 5 heteroatoms. The summed E-state index contributed by atoms with van der Waals surface area (Å²) >= 11 is 6.68. The van der Waals surface area contributed by atoms with Gasteiger partial charge >= 0.3 is 0 Å². The minimum Gasteiger partial charge on any atom is -0.508 e. The van der Waals surface area contributed by atoms with Gasteiger partial charge in [0, 0.05) is 17.7 Å². The number of fused-ring (bicyclic) bond motifs is 1. The largest absolute Gasteiger partial charge is 0.508 e. The maximum atomic E-state index is 10.1. The molecule has 0 amide bonds. The smallest absolute Gasteiger partial charge is 0.139 e. The molecule has 0 atom stereocenters. The van der Waals surface area contributed by atoms with Crippen molar-refractivity contribution < 1.29 is 5.11 Å². The van der Waals surface area contributed by atoms with Gasteiger partial charge in [-0.15, -0.1) is 0 Å². The molecule has 152 valence electrons. The van der Waals surface area contributed by atoms with Crippen molar-refractivity contribution in [1.82, 2.24) is 9.38 Å². The number of nitrogens with one attached hydrogen (secondary N) is 1. The topological polar surface area (TPSA) is 49.6 Å². The van der Waals surface area contributed by atoms with Crippen LogP contribution in [0.15, 0.2) is 97.1 Å². The van der Waals surface area contributed by atoms with Crippen molar-refractivity contribution in [2.75, 3.05) is 5.32 Å². The summed E-state index contributed by atoms with van der Waals surface area (Å²) in [5.41, 5.74) is 5.39. The summed E-state index contributed by atoms with van der Waals surface area (Å²) in [4.78, 5) is 4.92. The number of pyridine rings is 1. The average Bonchev–Trinajstić information content (AvgIpc) is 3.17. The van der Waals surface area contributed by atoms with E-state index in [-0.39, 0.29) is 5.75 Å². The molecule has 0 saturated heterocycles. The van der Waals surface area contributed by atoms with E-state index in [0.717, 1.165) is 39.5 Å². The monoisotopic (exact) mass is 425 g/mol. The summed E-state index contributed by atoms with van der Waals surface area (Å²) in [7, 11) is 0. The van der Waals surface area contributed by atoms with Crippen LogP contribution >= 0.6 is 11.6 Å². The van der Waals surface area contributed by atoms with Crippen LogP contribution in [0.4, 0.5) is 5.82 Å². The maximum Gasteiger partial charge on any atom is 0.139 e. The normalized spacial score (nSPS) is 11.0. The fourth-order valence-corrected chi connectivity index (χ4v) is 4.03. The van der Waals surface area contributed by atoms with E-state index >= 15 is 0 Å². The first-order chi connectivity index (χ1) is 15.2. The maximum absolute atomic E-state index is 10.1. The highest BCUT2D eigenvalue weighted by Crippen LogP contribution is 2.37. The fraction of sp³-hybridized carbons (Fsp3) is 0.0385. The van der Waals surface area contributed by atoms with Crippen LogP contribution in [0.3, 0.4) is 0 Å². The molecule has 5 rings (SSSR count). The van der Waals surface area contributed by atoms with Crippen LogP contribution in [0.5, 0.6) is 5.75 Å². The lowest BCUT2D eigenvalue weighted by Gasteiger charge is -2.14. The third kappa shape index (κ3) is 3.74. The molecule has 3 aromatic carbocycles. The fourth-order valence-electron chi connectivity index (χ4n) is 3.77. The predicted octanol–water partition coefficient (Wildman–Crippen LogP) is 6.64. The molecule has 0 spiro atoms. The number of halogens is 1. The van der Waals surface area contributed by atoms with Crippen molar-refractivity contribution in [2.45, 2.75) is 6.54 Å².